The van der Waals surface area contributed by atoms with Gasteiger partial charge in [0.1, 0.15) is 6.33 Å². The van der Waals surface area contributed by atoms with Gasteiger partial charge in [0.2, 0.25) is 5.75 Å². The minimum atomic E-state index is 0.619. The molecular weight excluding hydrogens is 332 g/mol. The van der Waals surface area contributed by atoms with Gasteiger partial charge in [-0.25, -0.2) is 9.97 Å². The monoisotopic (exact) mass is 350 g/mol. The van der Waals surface area contributed by atoms with E-state index in [0.717, 1.165) is 28.7 Å². The Labute approximate surface area is 133 Å². The van der Waals surface area contributed by atoms with Crippen molar-refractivity contribution in [1.82, 2.24) is 9.97 Å². The molecule has 0 fully saturated rings. The summed E-state index contributed by atoms with van der Waals surface area (Å²) in [5.74, 6) is 1.97. The molecule has 1 heterocycles. The van der Waals surface area contributed by atoms with E-state index in [2.05, 4.69) is 43.5 Å². The molecule has 21 heavy (non-hydrogen) atoms. The molecule has 1 aromatic carbocycles. The van der Waals surface area contributed by atoms with Gasteiger partial charge in [-0.1, -0.05) is 22.9 Å². The van der Waals surface area contributed by atoms with Crippen molar-refractivity contribution in [1.29, 1.82) is 0 Å². The van der Waals surface area contributed by atoms with Crippen molar-refractivity contribution in [3.63, 3.8) is 0 Å². The van der Waals surface area contributed by atoms with Crippen molar-refractivity contribution < 1.29 is 4.74 Å². The maximum atomic E-state index is 5.45. The maximum Gasteiger partial charge on any atom is 0.204 e. The number of hydrogen-bond acceptors (Lipinski definition) is 5. The zero-order chi connectivity index (χ0) is 15.2. The molecule has 1 aromatic heterocycles. The number of nitrogens with zero attached hydrogens (tertiary/aromatic N) is 2. The van der Waals surface area contributed by atoms with Gasteiger partial charge in [0.25, 0.3) is 0 Å². The Morgan fingerprint density at radius 2 is 2.00 bits per heavy atom. The standard InChI is InChI=1S/C15H19BrN4O/c1-4-7-17-14-13(21-3)15(19-9-18-14)20-12-6-5-11(16)8-10(12)2/h5-6,8-9H,4,7H2,1-3H3,(H2,17,18,19,20). The number of benzene rings is 1. The highest BCUT2D eigenvalue weighted by molar-refractivity contribution is 9.10. The Balaban J connectivity index is 2.30. The molecular formula is C15H19BrN4O. The SMILES string of the molecule is CCCNc1ncnc(Nc2ccc(Br)cc2C)c1OC. The summed E-state index contributed by atoms with van der Waals surface area (Å²) in [5.41, 5.74) is 2.10. The number of aromatic nitrogens is 2. The summed E-state index contributed by atoms with van der Waals surface area (Å²) in [7, 11) is 1.62. The number of nitrogens with one attached hydrogen (secondary N) is 2. The van der Waals surface area contributed by atoms with Crippen molar-refractivity contribution in [2.75, 3.05) is 24.3 Å². The van der Waals surface area contributed by atoms with Gasteiger partial charge in [-0.15, -0.1) is 0 Å². The predicted molar refractivity (Wildman–Crippen MR) is 89.5 cm³/mol. The number of anilines is 3. The van der Waals surface area contributed by atoms with E-state index in [1.165, 1.54) is 6.33 Å². The second kappa shape index (κ2) is 7.26. The third-order valence-corrected chi connectivity index (χ3v) is 3.49. The van der Waals surface area contributed by atoms with Gasteiger partial charge in [0.15, 0.2) is 11.6 Å². The molecule has 2 rings (SSSR count). The van der Waals surface area contributed by atoms with Crippen LogP contribution in [0.4, 0.5) is 17.3 Å². The van der Waals surface area contributed by atoms with Crippen molar-refractivity contribution in [2.24, 2.45) is 0 Å². The average molecular weight is 351 g/mol. The number of hydrogen-bond donors (Lipinski definition) is 2. The molecule has 0 spiro atoms. The molecule has 0 aliphatic heterocycles. The van der Waals surface area contributed by atoms with Crippen LogP contribution in [0, 0.1) is 6.92 Å². The number of rotatable bonds is 6. The van der Waals surface area contributed by atoms with E-state index in [9.17, 15) is 0 Å². The predicted octanol–water partition coefficient (Wildman–Crippen LogP) is 4.12. The van der Waals surface area contributed by atoms with Crippen LogP contribution in [0.15, 0.2) is 29.0 Å². The van der Waals surface area contributed by atoms with Gasteiger partial charge in [-0.3, -0.25) is 0 Å². The summed E-state index contributed by atoms with van der Waals surface area (Å²) in [5, 5.41) is 6.54. The molecule has 0 saturated heterocycles. The Bertz CT molecular complexity index is 619. The van der Waals surface area contributed by atoms with E-state index in [0.29, 0.717) is 17.4 Å². The quantitative estimate of drug-likeness (QED) is 0.820. The van der Waals surface area contributed by atoms with Crippen LogP contribution in [0.5, 0.6) is 5.75 Å². The van der Waals surface area contributed by atoms with Crippen LogP contribution in [0.25, 0.3) is 0 Å². The minimum absolute atomic E-state index is 0.619. The van der Waals surface area contributed by atoms with Crippen molar-refractivity contribution in [3.05, 3.63) is 34.6 Å². The fourth-order valence-electron chi connectivity index (χ4n) is 1.92. The smallest absolute Gasteiger partial charge is 0.204 e. The fraction of sp³-hybridized carbons (Fsp3) is 0.333. The average Bonchev–Trinajstić information content (AvgIpc) is 2.48. The van der Waals surface area contributed by atoms with Gasteiger partial charge < -0.3 is 15.4 Å². The van der Waals surface area contributed by atoms with Crippen LogP contribution >= 0.6 is 15.9 Å². The highest BCUT2D eigenvalue weighted by Crippen LogP contribution is 2.32. The first-order valence-corrected chi connectivity index (χ1v) is 7.61. The summed E-state index contributed by atoms with van der Waals surface area (Å²) in [4.78, 5) is 8.51. The lowest BCUT2D eigenvalue weighted by Gasteiger charge is -2.15. The molecule has 0 aliphatic carbocycles. The fourth-order valence-corrected chi connectivity index (χ4v) is 2.40. The highest BCUT2D eigenvalue weighted by atomic mass is 79.9. The molecule has 0 radical (unpaired) electrons. The summed E-state index contributed by atoms with van der Waals surface area (Å²) in [6.07, 6.45) is 2.54. The molecule has 0 unspecified atom stereocenters. The van der Waals surface area contributed by atoms with Crippen LogP contribution in [-0.2, 0) is 0 Å². The van der Waals surface area contributed by atoms with Gasteiger partial charge in [-0.2, -0.15) is 0 Å². The normalized spacial score (nSPS) is 10.3. The van der Waals surface area contributed by atoms with Gasteiger partial charge in [0.05, 0.1) is 7.11 Å². The lowest BCUT2D eigenvalue weighted by atomic mass is 10.2. The summed E-state index contributed by atoms with van der Waals surface area (Å²) in [6, 6.07) is 6.03. The van der Waals surface area contributed by atoms with Crippen LogP contribution in [-0.4, -0.2) is 23.6 Å². The number of aryl methyl sites for hydroxylation is 1. The van der Waals surface area contributed by atoms with Crippen LogP contribution in [0.2, 0.25) is 0 Å². The third kappa shape index (κ3) is 3.85. The molecule has 5 nitrogen and oxygen atoms in total. The molecule has 0 aliphatic rings. The molecule has 0 amide bonds. The first kappa shape index (κ1) is 15.6. The summed E-state index contributed by atoms with van der Waals surface area (Å²) >= 11 is 3.46. The first-order chi connectivity index (χ1) is 10.2. The Kier molecular flexibility index (Phi) is 5.38. The zero-order valence-corrected chi connectivity index (χ0v) is 14.0. The number of ether oxygens (including phenoxy) is 1. The molecule has 0 saturated carbocycles. The van der Waals surface area contributed by atoms with E-state index < -0.39 is 0 Å². The van der Waals surface area contributed by atoms with Gasteiger partial charge in [-0.05, 0) is 37.1 Å². The Morgan fingerprint density at radius 1 is 1.24 bits per heavy atom. The summed E-state index contributed by atoms with van der Waals surface area (Å²) in [6.45, 7) is 4.98. The minimum Gasteiger partial charge on any atom is -0.490 e. The largest absolute Gasteiger partial charge is 0.490 e. The van der Waals surface area contributed by atoms with E-state index in [1.54, 1.807) is 7.11 Å². The molecule has 0 atom stereocenters. The first-order valence-electron chi connectivity index (χ1n) is 6.81. The molecule has 112 valence electrons. The van der Waals surface area contributed by atoms with Crippen molar-refractivity contribution >= 4 is 33.3 Å². The third-order valence-electron chi connectivity index (χ3n) is 2.99. The molecule has 2 N–H and O–H groups in total. The van der Waals surface area contributed by atoms with Crippen LogP contribution < -0.4 is 15.4 Å². The van der Waals surface area contributed by atoms with Crippen LogP contribution in [0.1, 0.15) is 18.9 Å². The van der Waals surface area contributed by atoms with Crippen molar-refractivity contribution in [3.8, 4) is 5.75 Å². The topological polar surface area (TPSA) is 59.1 Å². The lowest BCUT2D eigenvalue weighted by molar-refractivity contribution is 0.415. The van der Waals surface area contributed by atoms with E-state index in [1.807, 2.05) is 25.1 Å². The lowest BCUT2D eigenvalue weighted by Crippen LogP contribution is -2.07. The Morgan fingerprint density at radius 3 is 2.67 bits per heavy atom. The summed E-state index contributed by atoms with van der Waals surface area (Å²) < 4.78 is 6.50. The van der Waals surface area contributed by atoms with E-state index in [-0.39, 0.29) is 0 Å². The van der Waals surface area contributed by atoms with Gasteiger partial charge in [0, 0.05) is 16.7 Å². The highest BCUT2D eigenvalue weighted by Gasteiger charge is 2.12. The van der Waals surface area contributed by atoms with E-state index in [4.69, 9.17) is 4.74 Å². The molecule has 0 bridgehead atoms. The van der Waals surface area contributed by atoms with Crippen LogP contribution in [0.3, 0.4) is 0 Å². The Hall–Kier alpha value is -1.82. The van der Waals surface area contributed by atoms with Crippen molar-refractivity contribution in [2.45, 2.75) is 20.3 Å². The number of halogens is 1. The van der Waals surface area contributed by atoms with Gasteiger partial charge >= 0.3 is 0 Å². The zero-order valence-electron chi connectivity index (χ0n) is 12.4. The second-order valence-electron chi connectivity index (χ2n) is 4.62. The van der Waals surface area contributed by atoms with E-state index >= 15 is 0 Å². The second-order valence-corrected chi connectivity index (χ2v) is 5.53. The maximum absolute atomic E-state index is 5.45. The molecule has 6 heteroatoms. The number of methoxy groups -OCH3 is 1. The molecule has 2 aromatic rings.